The third-order valence-electron chi connectivity index (χ3n) is 4.62. The molecule has 1 heterocycles. The number of aromatic hydroxyl groups is 1. The van der Waals surface area contributed by atoms with E-state index in [1.54, 1.807) is 12.1 Å². The van der Waals surface area contributed by atoms with E-state index in [0.29, 0.717) is 22.2 Å². The van der Waals surface area contributed by atoms with Gasteiger partial charge < -0.3 is 5.11 Å². The molecule has 152 valence electrons. The molecule has 31 heavy (non-hydrogen) atoms. The number of nitrogens with one attached hydrogen (secondary N) is 1. The zero-order chi connectivity index (χ0) is 21.8. The molecule has 1 aromatic heterocycles. The molecule has 4 rings (SSSR count). The molecule has 0 fully saturated rings. The van der Waals surface area contributed by atoms with E-state index in [9.17, 15) is 20.0 Å². The highest BCUT2D eigenvalue weighted by molar-refractivity contribution is 6.07. The van der Waals surface area contributed by atoms with Crippen LogP contribution in [0.2, 0.25) is 0 Å². The number of rotatable bonds is 5. The average molecular weight is 412 g/mol. The number of amides is 1. The summed E-state index contributed by atoms with van der Waals surface area (Å²) in [4.78, 5) is 27.8. The van der Waals surface area contributed by atoms with E-state index in [1.807, 2.05) is 48.5 Å². The average Bonchev–Trinajstić information content (AvgIpc) is 2.79. The van der Waals surface area contributed by atoms with E-state index in [1.165, 1.54) is 18.2 Å². The molecule has 0 unspecified atom stereocenters. The van der Waals surface area contributed by atoms with E-state index in [2.05, 4.69) is 15.5 Å². The number of phenols is 1. The second kappa shape index (κ2) is 8.42. The van der Waals surface area contributed by atoms with Gasteiger partial charge in [0.15, 0.2) is 0 Å². The number of benzene rings is 3. The van der Waals surface area contributed by atoms with Crippen LogP contribution >= 0.6 is 0 Å². The Morgan fingerprint density at radius 1 is 1.03 bits per heavy atom. The number of nitro groups is 1. The minimum Gasteiger partial charge on any atom is -0.507 e. The second-order valence-corrected chi connectivity index (χ2v) is 6.64. The Balaban J connectivity index is 1.66. The van der Waals surface area contributed by atoms with Crippen LogP contribution in [0.4, 0.5) is 5.69 Å². The summed E-state index contributed by atoms with van der Waals surface area (Å²) in [6.07, 6.45) is 1.15. The lowest BCUT2D eigenvalue weighted by Crippen LogP contribution is -2.18. The van der Waals surface area contributed by atoms with Gasteiger partial charge in [-0.05, 0) is 18.2 Å². The first-order valence-corrected chi connectivity index (χ1v) is 9.29. The third kappa shape index (κ3) is 4.23. The third-order valence-corrected chi connectivity index (χ3v) is 4.62. The predicted molar refractivity (Wildman–Crippen MR) is 117 cm³/mol. The van der Waals surface area contributed by atoms with E-state index in [4.69, 9.17) is 0 Å². The summed E-state index contributed by atoms with van der Waals surface area (Å²) < 4.78 is 0. The Morgan fingerprint density at radius 3 is 2.55 bits per heavy atom. The van der Waals surface area contributed by atoms with Crippen molar-refractivity contribution in [2.24, 2.45) is 5.10 Å². The first-order chi connectivity index (χ1) is 15.0. The first kappa shape index (κ1) is 19.7. The normalized spacial score (nSPS) is 11.0. The summed E-state index contributed by atoms with van der Waals surface area (Å²) in [7, 11) is 0. The van der Waals surface area contributed by atoms with Crippen molar-refractivity contribution in [3.63, 3.8) is 0 Å². The Labute approximate surface area is 176 Å². The number of nitrogens with zero attached hydrogens (tertiary/aromatic N) is 3. The fraction of sp³-hybridized carbons (Fsp3) is 0. The van der Waals surface area contributed by atoms with Crippen LogP contribution in [0, 0.1) is 10.1 Å². The van der Waals surface area contributed by atoms with Gasteiger partial charge in [-0.25, -0.2) is 10.4 Å². The number of hydrogen-bond donors (Lipinski definition) is 2. The molecule has 0 bridgehead atoms. The second-order valence-electron chi connectivity index (χ2n) is 6.64. The monoisotopic (exact) mass is 412 g/mol. The van der Waals surface area contributed by atoms with Gasteiger partial charge in [-0.1, -0.05) is 48.5 Å². The van der Waals surface area contributed by atoms with Crippen molar-refractivity contribution in [3.8, 4) is 17.0 Å². The maximum atomic E-state index is 12.9. The van der Waals surface area contributed by atoms with Gasteiger partial charge in [0, 0.05) is 28.6 Å². The number of fused-ring (bicyclic) bond motifs is 1. The predicted octanol–water partition coefficient (Wildman–Crippen LogP) is 4.28. The van der Waals surface area contributed by atoms with Gasteiger partial charge in [0.05, 0.1) is 27.9 Å². The summed E-state index contributed by atoms with van der Waals surface area (Å²) in [5, 5.41) is 25.3. The number of non-ortho nitro benzene ring substituents is 1. The van der Waals surface area contributed by atoms with E-state index in [0.717, 1.165) is 11.8 Å². The summed E-state index contributed by atoms with van der Waals surface area (Å²) in [5.41, 5.74) is 4.88. The molecule has 0 aliphatic rings. The van der Waals surface area contributed by atoms with Gasteiger partial charge in [-0.15, -0.1) is 0 Å². The smallest absolute Gasteiger partial charge is 0.272 e. The molecule has 1 amide bonds. The topological polar surface area (TPSA) is 118 Å². The van der Waals surface area contributed by atoms with Gasteiger partial charge in [0.25, 0.3) is 11.6 Å². The summed E-state index contributed by atoms with van der Waals surface area (Å²) in [6.45, 7) is 0. The van der Waals surface area contributed by atoms with Crippen LogP contribution in [-0.2, 0) is 0 Å². The number of carbonyl (C=O) groups is 1. The summed E-state index contributed by atoms with van der Waals surface area (Å²) in [5.74, 6) is -0.665. The zero-order valence-electron chi connectivity index (χ0n) is 16.1. The van der Waals surface area contributed by atoms with Gasteiger partial charge in [-0.2, -0.15) is 5.10 Å². The highest BCUT2D eigenvalue weighted by atomic mass is 16.6. The Bertz CT molecular complexity index is 1320. The quantitative estimate of drug-likeness (QED) is 0.288. The van der Waals surface area contributed by atoms with Crippen molar-refractivity contribution in [1.82, 2.24) is 10.4 Å². The molecular formula is C23H16N4O4. The maximum Gasteiger partial charge on any atom is 0.272 e. The summed E-state index contributed by atoms with van der Waals surface area (Å²) in [6, 6.07) is 22.0. The SMILES string of the molecule is O=C(N/N=C\c1cc([N+](=O)[O-])ccc1O)c1cc(-c2ccccc2)nc2ccccc12. The van der Waals surface area contributed by atoms with Crippen molar-refractivity contribution >= 4 is 28.7 Å². The van der Waals surface area contributed by atoms with Crippen LogP contribution in [0.1, 0.15) is 15.9 Å². The molecule has 0 radical (unpaired) electrons. The van der Waals surface area contributed by atoms with E-state index in [-0.39, 0.29) is 17.0 Å². The number of phenolic OH excluding ortho intramolecular Hbond substituents is 1. The van der Waals surface area contributed by atoms with Crippen LogP contribution in [0.25, 0.3) is 22.2 Å². The van der Waals surface area contributed by atoms with Crippen molar-refractivity contribution in [2.45, 2.75) is 0 Å². The Morgan fingerprint density at radius 2 is 1.77 bits per heavy atom. The number of hydrogen-bond acceptors (Lipinski definition) is 6. The van der Waals surface area contributed by atoms with Gasteiger partial charge in [0.2, 0.25) is 0 Å². The highest BCUT2D eigenvalue weighted by Crippen LogP contribution is 2.25. The molecule has 4 aromatic rings. The van der Waals surface area contributed by atoms with Gasteiger partial charge in [-0.3, -0.25) is 14.9 Å². The largest absolute Gasteiger partial charge is 0.507 e. The number of para-hydroxylation sites is 1. The number of pyridine rings is 1. The van der Waals surface area contributed by atoms with Crippen LogP contribution in [0.5, 0.6) is 5.75 Å². The summed E-state index contributed by atoms with van der Waals surface area (Å²) >= 11 is 0. The maximum absolute atomic E-state index is 12.9. The number of nitro benzene ring substituents is 1. The molecule has 2 N–H and O–H groups in total. The van der Waals surface area contributed by atoms with Gasteiger partial charge >= 0.3 is 0 Å². The Kier molecular flexibility index (Phi) is 5.35. The molecule has 8 heteroatoms. The number of hydrazone groups is 1. The van der Waals surface area contributed by atoms with Crippen molar-refractivity contribution in [2.75, 3.05) is 0 Å². The lowest BCUT2D eigenvalue weighted by Gasteiger charge is -2.09. The number of carbonyl (C=O) groups excluding carboxylic acids is 1. The molecule has 0 saturated heterocycles. The Hall–Kier alpha value is -4.59. The van der Waals surface area contributed by atoms with E-state index >= 15 is 0 Å². The fourth-order valence-electron chi connectivity index (χ4n) is 3.10. The molecule has 0 atom stereocenters. The standard InChI is InChI=1S/C23H16N4O4/c28-22-11-10-17(27(30)31)12-16(22)14-24-26-23(29)19-13-21(15-6-2-1-3-7-15)25-20-9-5-4-8-18(19)20/h1-14,28H,(H,26,29)/b24-14-. The highest BCUT2D eigenvalue weighted by Gasteiger charge is 2.14. The molecule has 0 aliphatic carbocycles. The minimum atomic E-state index is -0.580. The lowest BCUT2D eigenvalue weighted by atomic mass is 10.0. The minimum absolute atomic E-state index is 0.110. The molecule has 3 aromatic carbocycles. The first-order valence-electron chi connectivity index (χ1n) is 9.29. The molecule has 8 nitrogen and oxygen atoms in total. The van der Waals surface area contributed by atoms with Crippen molar-refractivity contribution < 1.29 is 14.8 Å². The number of aromatic nitrogens is 1. The van der Waals surface area contributed by atoms with Crippen molar-refractivity contribution in [1.29, 1.82) is 0 Å². The molecular weight excluding hydrogens is 396 g/mol. The van der Waals surface area contributed by atoms with E-state index < -0.39 is 10.8 Å². The lowest BCUT2D eigenvalue weighted by molar-refractivity contribution is -0.384. The van der Waals surface area contributed by atoms with Crippen molar-refractivity contribution in [3.05, 3.63) is 100 Å². The molecule has 0 spiro atoms. The molecule has 0 saturated carbocycles. The zero-order valence-corrected chi connectivity index (χ0v) is 16.1. The molecule has 0 aliphatic heterocycles. The van der Waals surface area contributed by atoms with Gasteiger partial charge in [0.1, 0.15) is 5.75 Å². The van der Waals surface area contributed by atoms with Crippen LogP contribution in [0.15, 0.2) is 84.0 Å². The fourth-order valence-corrected chi connectivity index (χ4v) is 3.10. The van der Waals surface area contributed by atoms with Crippen LogP contribution in [-0.4, -0.2) is 27.1 Å². The van der Waals surface area contributed by atoms with Crippen LogP contribution in [0.3, 0.4) is 0 Å². The van der Waals surface area contributed by atoms with Crippen LogP contribution < -0.4 is 5.43 Å².